The van der Waals surface area contributed by atoms with Gasteiger partial charge in [0.25, 0.3) is 0 Å². The van der Waals surface area contributed by atoms with Crippen molar-refractivity contribution < 1.29 is 13.6 Å². The summed E-state index contributed by atoms with van der Waals surface area (Å²) in [6.07, 6.45) is -0.380. The molecule has 3 aromatic rings. The van der Waals surface area contributed by atoms with Gasteiger partial charge < -0.3 is 13.6 Å². The van der Waals surface area contributed by atoms with E-state index in [1.165, 1.54) is 0 Å². The van der Waals surface area contributed by atoms with Gasteiger partial charge in [0.2, 0.25) is 0 Å². The van der Waals surface area contributed by atoms with Gasteiger partial charge in [-0.1, -0.05) is 91.0 Å². The van der Waals surface area contributed by atoms with E-state index in [9.17, 15) is 0 Å². The van der Waals surface area contributed by atoms with Crippen LogP contribution in [0, 0.1) is 0 Å². The first-order chi connectivity index (χ1) is 13.6. The summed E-state index contributed by atoms with van der Waals surface area (Å²) >= 11 is 0. The van der Waals surface area contributed by atoms with E-state index in [-0.39, 0.29) is 18.3 Å². The highest BCUT2D eigenvalue weighted by Gasteiger charge is 2.24. The van der Waals surface area contributed by atoms with Gasteiger partial charge in [-0.3, -0.25) is 0 Å². The largest absolute Gasteiger partial charge is 0.334 e. The molecule has 0 saturated heterocycles. The van der Waals surface area contributed by atoms with E-state index in [0.29, 0.717) is 0 Å². The normalized spacial score (nSPS) is 14.6. The Morgan fingerprint density at radius 2 is 0.714 bits per heavy atom. The zero-order valence-electron chi connectivity index (χ0n) is 16.6. The average molecular weight is 394 g/mol. The standard InChI is InChI=1S/C24H27O3P/c1-19(22-13-7-4-8-14-22)25-28(26-20(2)23-15-9-5-10-16-23)27-21(3)24-17-11-6-12-18-24/h4-21H,1-3H3/t19-,20-,21-/m1/s1. The summed E-state index contributed by atoms with van der Waals surface area (Å²) in [5.41, 5.74) is 3.30. The van der Waals surface area contributed by atoms with Gasteiger partial charge >= 0.3 is 8.60 Å². The molecule has 0 unspecified atom stereocenters. The molecular weight excluding hydrogens is 367 g/mol. The molecule has 0 aromatic heterocycles. The van der Waals surface area contributed by atoms with Gasteiger partial charge in [-0.15, -0.1) is 0 Å². The Balaban J connectivity index is 1.73. The molecule has 3 nitrogen and oxygen atoms in total. The molecule has 0 saturated carbocycles. The van der Waals surface area contributed by atoms with Crippen LogP contribution in [0.5, 0.6) is 0 Å². The quantitative estimate of drug-likeness (QED) is 0.351. The highest BCUT2D eigenvalue weighted by atomic mass is 31.2. The Morgan fingerprint density at radius 1 is 0.464 bits per heavy atom. The van der Waals surface area contributed by atoms with Gasteiger partial charge in [0.1, 0.15) is 0 Å². The molecular formula is C24H27O3P. The zero-order chi connectivity index (χ0) is 19.8. The Kier molecular flexibility index (Phi) is 7.76. The lowest BCUT2D eigenvalue weighted by Gasteiger charge is -2.26. The molecule has 146 valence electrons. The maximum Gasteiger partial charge on any atom is 0.334 e. The van der Waals surface area contributed by atoms with Crippen molar-refractivity contribution in [2.45, 2.75) is 39.1 Å². The molecule has 0 fully saturated rings. The van der Waals surface area contributed by atoms with Crippen LogP contribution in [0.3, 0.4) is 0 Å². The highest BCUT2D eigenvalue weighted by molar-refractivity contribution is 7.41. The second kappa shape index (κ2) is 10.5. The summed E-state index contributed by atoms with van der Waals surface area (Å²) in [5, 5.41) is 0. The van der Waals surface area contributed by atoms with E-state index < -0.39 is 8.60 Å². The minimum Gasteiger partial charge on any atom is -0.304 e. The van der Waals surface area contributed by atoms with Gasteiger partial charge in [-0.05, 0) is 37.5 Å². The third kappa shape index (κ3) is 5.98. The summed E-state index contributed by atoms with van der Waals surface area (Å²) in [4.78, 5) is 0. The van der Waals surface area contributed by atoms with Crippen LogP contribution in [0.15, 0.2) is 91.0 Å². The fourth-order valence-corrected chi connectivity index (χ4v) is 4.11. The fraction of sp³-hybridized carbons (Fsp3) is 0.250. The predicted molar refractivity (Wildman–Crippen MR) is 115 cm³/mol. The minimum absolute atomic E-state index is 0.127. The summed E-state index contributed by atoms with van der Waals surface area (Å²) in [5.74, 6) is 0. The number of hydrogen-bond acceptors (Lipinski definition) is 3. The van der Waals surface area contributed by atoms with Crippen molar-refractivity contribution in [2.75, 3.05) is 0 Å². The van der Waals surface area contributed by atoms with Crippen LogP contribution in [0.4, 0.5) is 0 Å². The lowest BCUT2D eigenvalue weighted by Crippen LogP contribution is -2.06. The fourth-order valence-electron chi connectivity index (χ4n) is 2.82. The highest BCUT2D eigenvalue weighted by Crippen LogP contribution is 2.51. The van der Waals surface area contributed by atoms with Crippen molar-refractivity contribution in [3.63, 3.8) is 0 Å². The topological polar surface area (TPSA) is 27.7 Å². The van der Waals surface area contributed by atoms with Crippen molar-refractivity contribution in [1.82, 2.24) is 0 Å². The summed E-state index contributed by atoms with van der Waals surface area (Å²) in [7, 11) is -1.55. The first-order valence-corrected chi connectivity index (χ1v) is 10.7. The molecule has 0 spiro atoms. The van der Waals surface area contributed by atoms with Gasteiger partial charge in [-0.25, -0.2) is 0 Å². The van der Waals surface area contributed by atoms with Gasteiger partial charge in [0, 0.05) is 0 Å². The Bertz CT molecular complexity index is 698. The van der Waals surface area contributed by atoms with Crippen molar-refractivity contribution in [3.05, 3.63) is 108 Å². The molecule has 28 heavy (non-hydrogen) atoms. The summed E-state index contributed by atoms with van der Waals surface area (Å²) in [6, 6.07) is 30.4. The minimum atomic E-state index is -1.55. The van der Waals surface area contributed by atoms with Gasteiger partial charge in [0.15, 0.2) is 0 Å². The Morgan fingerprint density at radius 3 is 0.964 bits per heavy atom. The first-order valence-electron chi connectivity index (χ1n) is 9.58. The summed E-state index contributed by atoms with van der Waals surface area (Å²) < 4.78 is 18.7. The maximum atomic E-state index is 6.24. The zero-order valence-corrected chi connectivity index (χ0v) is 17.5. The van der Waals surface area contributed by atoms with E-state index in [1.54, 1.807) is 0 Å². The Hall–Kier alpha value is -2.03. The molecule has 0 aliphatic rings. The second-order valence-corrected chi connectivity index (χ2v) is 7.78. The molecule has 0 N–H and O–H groups in total. The van der Waals surface area contributed by atoms with E-state index in [2.05, 4.69) is 36.4 Å². The molecule has 3 atom stereocenters. The molecule has 0 aliphatic heterocycles. The van der Waals surface area contributed by atoms with Gasteiger partial charge in [0.05, 0.1) is 18.3 Å². The van der Waals surface area contributed by atoms with Crippen LogP contribution in [-0.4, -0.2) is 0 Å². The number of rotatable bonds is 9. The van der Waals surface area contributed by atoms with E-state index in [1.807, 2.05) is 75.4 Å². The molecule has 0 amide bonds. The molecule has 3 aromatic carbocycles. The van der Waals surface area contributed by atoms with Crippen LogP contribution in [0.2, 0.25) is 0 Å². The lowest BCUT2D eigenvalue weighted by molar-refractivity contribution is 0.0792. The maximum absolute atomic E-state index is 6.24. The third-order valence-corrected chi connectivity index (χ3v) is 6.00. The third-order valence-electron chi connectivity index (χ3n) is 4.54. The molecule has 0 aliphatic carbocycles. The smallest absolute Gasteiger partial charge is 0.304 e. The molecule has 3 rings (SSSR count). The van der Waals surface area contributed by atoms with Crippen LogP contribution >= 0.6 is 8.60 Å². The second-order valence-electron chi connectivity index (χ2n) is 6.70. The number of benzene rings is 3. The van der Waals surface area contributed by atoms with Crippen molar-refractivity contribution in [3.8, 4) is 0 Å². The van der Waals surface area contributed by atoms with Gasteiger partial charge in [-0.2, -0.15) is 0 Å². The predicted octanol–water partition coefficient (Wildman–Crippen LogP) is 7.55. The van der Waals surface area contributed by atoms with Crippen LogP contribution in [-0.2, 0) is 13.6 Å². The van der Waals surface area contributed by atoms with Crippen molar-refractivity contribution in [1.29, 1.82) is 0 Å². The monoisotopic (exact) mass is 394 g/mol. The molecule has 0 radical (unpaired) electrons. The molecule has 0 bridgehead atoms. The number of hydrogen-bond donors (Lipinski definition) is 0. The first kappa shape index (κ1) is 20.7. The van der Waals surface area contributed by atoms with E-state index >= 15 is 0 Å². The Labute approximate surface area is 169 Å². The lowest BCUT2D eigenvalue weighted by atomic mass is 10.1. The summed E-state index contributed by atoms with van der Waals surface area (Å²) in [6.45, 7) is 6.08. The SMILES string of the molecule is C[C@@H](OP(O[C@H](C)c1ccccc1)O[C@H](C)c1ccccc1)c1ccccc1. The van der Waals surface area contributed by atoms with Crippen LogP contribution < -0.4 is 0 Å². The van der Waals surface area contributed by atoms with E-state index in [0.717, 1.165) is 16.7 Å². The average Bonchev–Trinajstić information content (AvgIpc) is 2.75. The van der Waals surface area contributed by atoms with Crippen LogP contribution in [0.25, 0.3) is 0 Å². The van der Waals surface area contributed by atoms with Crippen molar-refractivity contribution in [2.24, 2.45) is 0 Å². The molecule has 0 heterocycles. The molecule has 4 heteroatoms. The van der Waals surface area contributed by atoms with E-state index in [4.69, 9.17) is 13.6 Å². The van der Waals surface area contributed by atoms with Crippen LogP contribution in [0.1, 0.15) is 55.8 Å². The van der Waals surface area contributed by atoms with Crippen molar-refractivity contribution >= 4 is 8.60 Å².